The van der Waals surface area contributed by atoms with Crippen LogP contribution >= 0.6 is 0 Å². The third-order valence-electron chi connectivity index (χ3n) is 5.09. The van der Waals surface area contributed by atoms with Gasteiger partial charge < -0.3 is 10.2 Å². The van der Waals surface area contributed by atoms with E-state index in [2.05, 4.69) is 10.3 Å². The molecule has 2 amide bonds. The summed E-state index contributed by atoms with van der Waals surface area (Å²) in [7, 11) is 0. The van der Waals surface area contributed by atoms with E-state index in [9.17, 15) is 9.59 Å². The van der Waals surface area contributed by atoms with Gasteiger partial charge in [0.1, 0.15) is 0 Å². The summed E-state index contributed by atoms with van der Waals surface area (Å²) >= 11 is 0. The van der Waals surface area contributed by atoms with Crippen molar-refractivity contribution >= 4 is 11.8 Å². The molecule has 5 heteroatoms. The molecule has 1 N–H and O–H groups in total. The Balaban J connectivity index is 1.60. The standard InChI is InChI=1S/C17H23N3O2/c1-11-10-13(4-7-18-11)15(21)20-8-5-12(6-9-20)14-17(2,3)16(22)19-14/h4,7,10,12,14H,5-6,8-9H2,1-3H3,(H,19,22). The Morgan fingerprint density at radius 1 is 1.36 bits per heavy atom. The molecule has 2 fully saturated rings. The number of rotatable bonds is 2. The molecule has 0 bridgehead atoms. The summed E-state index contributed by atoms with van der Waals surface area (Å²) < 4.78 is 0. The number of nitrogens with zero attached hydrogens (tertiary/aromatic N) is 2. The van der Waals surface area contributed by atoms with E-state index in [0.29, 0.717) is 11.5 Å². The van der Waals surface area contributed by atoms with Crippen molar-refractivity contribution in [1.82, 2.24) is 15.2 Å². The van der Waals surface area contributed by atoms with Gasteiger partial charge in [-0.25, -0.2) is 0 Å². The number of piperidine rings is 1. The molecule has 1 unspecified atom stereocenters. The first-order chi connectivity index (χ1) is 10.4. The van der Waals surface area contributed by atoms with E-state index >= 15 is 0 Å². The van der Waals surface area contributed by atoms with Crippen LogP contribution in [0, 0.1) is 18.3 Å². The Hall–Kier alpha value is -1.91. The average Bonchev–Trinajstić information content (AvgIpc) is 2.52. The lowest BCUT2D eigenvalue weighted by Crippen LogP contribution is -2.68. The number of aryl methyl sites for hydroxylation is 1. The van der Waals surface area contributed by atoms with Crippen molar-refractivity contribution in [2.75, 3.05) is 13.1 Å². The molecule has 5 nitrogen and oxygen atoms in total. The van der Waals surface area contributed by atoms with Gasteiger partial charge in [0.15, 0.2) is 0 Å². The summed E-state index contributed by atoms with van der Waals surface area (Å²) in [6, 6.07) is 3.86. The lowest BCUT2D eigenvalue weighted by Gasteiger charge is -2.50. The molecule has 0 aromatic carbocycles. The molecule has 2 aliphatic heterocycles. The average molecular weight is 301 g/mol. The monoisotopic (exact) mass is 301 g/mol. The number of aromatic nitrogens is 1. The number of pyridine rings is 1. The van der Waals surface area contributed by atoms with Crippen LogP contribution in [-0.2, 0) is 4.79 Å². The van der Waals surface area contributed by atoms with Crippen LogP contribution < -0.4 is 5.32 Å². The lowest BCUT2D eigenvalue weighted by atomic mass is 9.68. The van der Waals surface area contributed by atoms with Crippen molar-refractivity contribution < 1.29 is 9.59 Å². The van der Waals surface area contributed by atoms with Gasteiger partial charge >= 0.3 is 0 Å². The highest BCUT2D eigenvalue weighted by Crippen LogP contribution is 2.38. The van der Waals surface area contributed by atoms with Gasteiger partial charge in [-0.3, -0.25) is 14.6 Å². The Morgan fingerprint density at radius 2 is 2.05 bits per heavy atom. The van der Waals surface area contributed by atoms with Crippen LogP contribution in [0.4, 0.5) is 0 Å². The fraction of sp³-hybridized carbons (Fsp3) is 0.588. The highest BCUT2D eigenvalue weighted by molar-refractivity contribution is 5.94. The largest absolute Gasteiger partial charge is 0.351 e. The lowest BCUT2D eigenvalue weighted by molar-refractivity contribution is -0.146. The first-order valence-electron chi connectivity index (χ1n) is 7.92. The highest BCUT2D eigenvalue weighted by Gasteiger charge is 2.51. The van der Waals surface area contributed by atoms with Gasteiger partial charge in [-0.05, 0) is 51.7 Å². The summed E-state index contributed by atoms with van der Waals surface area (Å²) in [5.41, 5.74) is 1.31. The zero-order valence-electron chi connectivity index (χ0n) is 13.4. The molecular formula is C17H23N3O2. The Morgan fingerprint density at radius 3 is 2.59 bits per heavy atom. The molecule has 118 valence electrons. The van der Waals surface area contributed by atoms with E-state index in [1.54, 1.807) is 12.3 Å². The second-order valence-corrected chi connectivity index (χ2v) is 6.99. The van der Waals surface area contributed by atoms with Crippen molar-refractivity contribution in [3.63, 3.8) is 0 Å². The normalized spacial score (nSPS) is 24.6. The summed E-state index contributed by atoms with van der Waals surface area (Å²) in [4.78, 5) is 30.2. The summed E-state index contributed by atoms with van der Waals surface area (Å²) in [5, 5.41) is 3.04. The molecule has 1 aromatic rings. The molecule has 2 saturated heterocycles. The fourth-order valence-electron chi connectivity index (χ4n) is 3.58. The topological polar surface area (TPSA) is 62.3 Å². The minimum atomic E-state index is -0.265. The van der Waals surface area contributed by atoms with Crippen LogP contribution in [-0.4, -0.2) is 40.8 Å². The molecule has 0 spiro atoms. The van der Waals surface area contributed by atoms with Gasteiger partial charge in [0, 0.05) is 36.6 Å². The van der Waals surface area contributed by atoms with Crippen LogP contribution in [0.5, 0.6) is 0 Å². The zero-order valence-corrected chi connectivity index (χ0v) is 13.4. The van der Waals surface area contributed by atoms with Crippen molar-refractivity contribution in [1.29, 1.82) is 0 Å². The number of carbonyl (C=O) groups excluding carboxylic acids is 2. The summed E-state index contributed by atoms with van der Waals surface area (Å²) in [6.07, 6.45) is 3.58. The van der Waals surface area contributed by atoms with E-state index in [1.165, 1.54) is 0 Å². The maximum absolute atomic E-state index is 12.5. The Kier molecular flexibility index (Phi) is 3.67. The van der Waals surface area contributed by atoms with Gasteiger partial charge in [-0.15, -0.1) is 0 Å². The maximum Gasteiger partial charge on any atom is 0.253 e. The second kappa shape index (κ2) is 5.38. The van der Waals surface area contributed by atoms with Crippen molar-refractivity contribution in [2.24, 2.45) is 11.3 Å². The maximum atomic E-state index is 12.5. The molecule has 1 aromatic heterocycles. The van der Waals surface area contributed by atoms with E-state index in [0.717, 1.165) is 31.6 Å². The van der Waals surface area contributed by atoms with Crippen LogP contribution in [0.25, 0.3) is 0 Å². The highest BCUT2D eigenvalue weighted by atomic mass is 16.2. The zero-order chi connectivity index (χ0) is 15.9. The van der Waals surface area contributed by atoms with E-state index in [-0.39, 0.29) is 23.3 Å². The van der Waals surface area contributed by atoms with Gasteiger partial charge in [0.05, 0.1) is 5.41 Å². The molecule has 0 saturated carbocycles. The van der Waals surface area contributed by atoms with Crippen LogP contribution in [0.15, 0.2) is 18.3 Å². The number of nitrogens with one attached hydrogen (secondary N) is 1. The number of β-lactam (4-membered cyclic amide) rings is 1. The van der Waals surface area contributed by atoms with Crippen molar-refractivity contribution in [2.45, 2.75) is 39.7 Å². The first-order valence-corrected chi connectivity index (χ1v) is 7.92. The predicted molar refractivity (Wildman–Crippen MR) is 83.3 cm³/mol. The predicted octanol–water partition coefficient (Wildman–Crippen LogP) is 1.77. The number of amides is 2. The SMILES string of the molecule is Cc1cc(C(=O)N2CCC(C3NC(=O)C3(C)C)CC2)ccn1. The van der Waals surface area contributed by atoms with E-state index < -0.39 is 0 Å². The van der Waals surface area contributed by atoms with Crippen LogP contribution in [0.1, 0.15) is 42.7 Å². The smallest absolute Gasteiger partial charge is 0.253 e. The van der Waals surface area contributed by atoms with E-state index in [4.69, 9.17) is 0 Å². The van der Waals surface area contributed by atoms with Crippen LogP contribution in [0.3, 0.4) is 0 Å². The van der Waals surface area contributed by atoms with Crippen LogP contribution in [0.2, 0.25) is 0 Å². The Labute approximate surface area is 131 Å². The van der Waals surface area contributed by atoms with Crippen molar-refractivity contribution in [3.8, 4) is 0 Å². The number of hydrogen-bond acceptors (Lipinski definition) is 3. The minimum absolute atomic E-state index is 0.0841. The quantitative estimate of drug-likeness (QED) is 0.847. The first kappa shape index (κ1) is 15.0. The Bertz CT molecular complexity index is 604. The van der Waals surface area contributed by atoms with Gasteiger partial charge in [0.2, 0.25) is 5.91 Å². The van der Waals surface area contributed by atoms with Gasteiger partial charge in [-0.2, -0.15) is 0 Å². The third kappa shape index (κ3) is 2.49. The summed E-state index contributed by atoms with van der Waals surface area (Å²) in [6.45, 7) is 7.42. The molecule has 0 radical (unpaired) electrons. The molecule has 22 heavy (non-hydrogen) atoms. The molecule has 3 rings (SSSR count). The summed E-state index contributed by atoms with van der Waals surface area (Å²) in [5.74, 6) is 0.694. The number of carbonyl (C=O) groups is 2. The minimum Gasteiger partial charge on any atom is -0.351 e. The second-order valence-electron chi connectivity index (χ2n) is 6.99. The fourth-order valence-corrected chi connectivity index (χ4v) is 3.58. The third-order valence-corrected chi connectivity index (χ3v) is 5.09. The number of hydrogen-bond donors (Lipinski definition) is 1. The molecule has 2 aliphatic rings. The molecule has 1 atom stereocenters. The molecular weight excluding hydrogens is 278 g/mol. The van der Waals surface area contributed by atoms with E-state index in [1.807, 2.05) is 31.7 Å². The van der Waals surface area contributed by atoms with Crippen molar-refractivity contribution in [3.05, 3.63) is 29.6 Å². The van der Waals surface area contributed by atoms with Gasteiger partial charge in [0.25, 0.3) is 5.91 Å². The van der Waals surface area contributed by atoms with Gasteiger partial charge in [-0.1, -0.05) is 0 Å². The molecule has 0 aliphatic carbocycles. The molecule has 3 heterocycles. The number of likely N-dealkylation sites (tertiary alicyclic amines) is 1.